The molecule has 214 valence electrons. The number of amides is 4. The molecule has 3 aromatic carbocycles. The minimum absolute atomic E-state index is 0.0826. The number of nitrogens with zero attached hydrogens (tertiary/aromatic N) is 2. The van der Waals surface area contributed by atoms with E-state index in [0.29, 0.717) is 43.1 Å². The molecule has 2 aliphatic rings. The molecule has 2 saturated heterocycles. The van der Waals surface area contributed by atoms with E-state index in [1.165, 1.54) is 0 Å². The predicted molar refractivity (Wildman–Crippen MR) is 169 cm³/mol. The Morgan fingerprint density at radius 3 is 1.55 bits per heavy atom. The third-order valence-electron chi connectivity index (χ3n) is 5.87. The second-order valence-electron chi connectivity index (χ2n) is 9.01. The standard InChI is InChI=1S/C28H22Cl2N6O4S2/c29-17-8-1-3-10-19(17)33-27-35-25(39)21(41-27)13-23(37)31-15-6-5-7-16(12-15)32-24(38)14-22-26(40)36-28(42-22)34-20-11-4-2-9-18(20)30/h1-12,21-22H,13-14H2,(H,31,37)(H,32,38)(H,33,35,39)(H,34,36,40). The van der Waals surface area contributed by atoms with E-state index in [9.17, 15) is 19.2 Å². The molecule has 3 aromatic rings. The van der Waals surface area contributed by atoms with E-state index in [1.807, 2.05) is 0 Å². The zero-order valence-electron chi connectivity index (χ0n) is 21.6. The summed E-state index contributed by atoms with van der Waals surface area (Å²) in [6.07, 6.45) is -0.165. The Labute approximate surface area is 259 Å². The van der Waals surface area contributed by atoms with Crippen molar-refractivity contribution in [1.82, 2.24) is 10.6 Å². The lowest BCUT2D eigenvalue weighted by molar-refractivity contribution is -0.122. The maximum absolute atomic E-state index is 12.7. The first kappa shape index (κ1) is 29.6. The van der Waals surface area contributed by atoms with Crippen molar-refractivity contribution >= 4 is 103 Å². The summed E-state index contributed by atoms with van der Waals surface area (Å²) in [4.78, 5) is 58.9. The molecule has 10 nitrogen and oxygen atoms in total. The van der Waals surface area contributed by atoms with Crippen molar-refractivity contribution in [3.63, 3.8) is 0 Å². The van der Waals surface area contributed by atoms with Gasteiger partial charge in [0.15, 0.2) is 10.3 Å². The van der Waals surface area contributed by atoms with Gasteiger partial charge in [0, 0.05) is 24.2 Å². The van der Waals surface area contributed by atoms with E-state index < -0.39 is 10.5 Å². The molecule has 2 aliphatic heterocycles. The molecule has 2 fully saturated rings. The van der Waals surface area contributed by atoms with E-state index in [0.717, 1.165) is 23.5 Å². The molecule has 5 rings (SSSR count). The molecule has 4 amide bonds. The van der Waals surface area contributed by atoms with Crippen LogP contribution in [0.5, 0.6) is 0 Å². The van der Waals surface area contributed by atoms with Gasteiger partial charge in [-0.3, -0.25) is 19.2 Å². The van der Waals surface area contributed by atoms with E-state index in [2.05, 4.69) is 31.3 Å². The number of thioether (sulfide) groups is 2. The van der Waals surface area contributed by atoms with Gasteiger partial charge in [0.05, 0.1) is 21.4 Å². The second-order valence-corrected chi connectivity index (χ2v) is 12.2. The van der Waals surface area contributed by atoms with Crippen LogP contribution < -0.4 is 21.3 Å². The van der Waals surface area contributed by atoms with Crippen LogP contribution in [0.3, 0.4) is 0 Å². The van der Waals surface area contributed by atoms with Crippen LogP contribution in [-0.4, -0.2) is 44.5 Å². The van der Waals surface area contributed by atoms with E-state index in [4.69, 9.17) is 23.2 Å². The number of halogens is 2. The molecule has 0 aromatic heterocycles. The smallest absolute Gasteiger partial charge is 0.240 e. The number of hydrogen-bond donors (Lipinski definition) is 4. The zero-order chi connectivity index (χ0) is 29.6. The molecule has 2 unspecified atom stereocenters. The van der Waals surface area contributed by atoms with Gasteiger partial charge in [-0.1, -0.05) is 77.1 Å². The molecule has 0 saturated carbocycles. The lowest BCUT2D eigenvalue weighted by atomic mass is 10.2. The van der Waals surface area contributed by atoms with Gasteiger partial charge in [-0.2, -0.15) is 0 Å². The molecule has 0 radical (unpaired) electrons. The Morgan fingerprint density at radius 1 is 0.690 bits per heavy atom. The third-order valence-corrected chi connectivity index (χ3v) is 8.68. The van der Waals surface area contributed by atoms with E-state index in [1.54, 1.807) is 72.8 Å². The van der Waals surface area contributed by atoms with Gasteiger partial charge in [0.25, 0.3) is 0 Å². The average molecular weight is 642 g/mol. The molecule has 0 spiro atoms. The number of anilines is 2. The average Bonchev–Trinajstić information content (AvgIpc) is 3.46. The van der Waals surface area contributed by atoms with Crippen molar-refractivity contribution in [1.29, 1.82) is 0 Å². The van der Waals surface area contributed by atoms with Crippen molar-refractivity contribution in [2.45, 2.75) is 23.3 Å². The van der Waals surface area contributed by atoms with Gasteiger partial charge in [-0.25, -0.2) is 9.98 Å². The number of rotatable bonds is 8. The molecular weight excluding hydrogens is 619 g/mol. The number of carbonyl (C=O) groups excluding carboxylic acids is 4. The molecule has 0 aliphatic carbocycles. The third kappa shape index (κ3) is 7.71. The SMILES string of the molecule is O=C(CC1SC(=Nc2ccccc2Cl)NC1=O)Nc1cccc(NC(=O)CC2SC(=Nc3ccccc3Cl)NC2=O)c1. The highest BCUT2D eigenvalue weighted by Crippen LogP contribution is 2.31. The van der Waals surface area contributed by atoms with Crippen LogP contribution in [0.15, 0.2) is 82.8 Å². The molecule has 42 heavy (non-hydrogen) atoms. The first-order valence-corrected chi connectivity index (χ1v) is 15.1. The van der Waals surface area contributed by atoms with Gasteiger partial charge >= 0.3 is 0 Å². The summed E-state index contributed by atoms with van der Waals surface area (Å²) >= 11 is 14.6. The monoisotopic (exact) mass is 640 g/mol. The fourth-order valence-electron chi connectivity index (χ4n) is 3.92. The van der Waals surface area contributed by atoms with Crippen molar-refractivity contribution in [3.05, 3.63) is 82.8 Å². The molecule has 2 heterocycles. The van der Waals surface area contributed by atoms with Crippen molar-refractivity contribution < 1.29 is 19.2 Å². The van der Waals surface area contributed by atoms with Crippen LogP contribution in [0.1, 0.15) is 12.8 Å². The van der Waals surface area contributed by atoms with Crippen LogP contribution in [0.25, 0.3) is 0 Å². The van der Waals surface area contributed by atoms with Gasteiger partial charge in [-0.05, 0) is 42.5 Å². The highest BCUT2D eigenvalue weighted by molar-refractivity contribution is 8.16. The second kappa shape index (κ2) is 13.4. The quantitative estimate of drug-likeness (QED) is 0.257. The fraction of sp³-hybridized carbons (Fsp3) is 0.143. The number of carbonyl (C=O) groups is 4. The fourth-order valence-corrected chi connectivity index (χ4v) is 6.24. The van der Waals surface area contributed by atoms with Gasteiger partial charge < -0.3 is 21.3 Å². The number of benzene rings is 3. The lowest BCUT2D eigenvalue weighted by Gasteiger charge is -2.11. The summed E-state index contributed by atoms with van der Waals surface area (Å²) in [6, 6.07) is 20.6. The van der Waals surface area contributed by atoms with E-state index >= 15 is 0 Å². The maximum Gasteiger partial charge on any atom is 0.240 e. The Balaban J connectivity index is 1.13. The summed E-state index contributed by atoms with van der Waals surface area (Å²) < 4.78 is 0. The number of hydrogen-bond acceptors (Lipinski definition) is 8. The zero-order valence-corrected chi connectivity index (χ0v) is 24.7. The Hall–Kier alpha value is -3.84. The van der Waals surface area contributed by atoms with Gasteiger partial charge in [-0.15, -0.1) is 0 Å². The van der Waals surface area contributed by atoms with Crippen molar-refractivity contribution in [2.75, 3.05) is 10.6 Å². The van der Waals surface area contributed by atoms with Crippen LogP contribution >= 0.6 is 46.7 Å². The predicted octanol–water partition coefficient (Wildman–Crippen LogP) is 5.49. The summed E-state index contributed by atoms with van der Waals surface area (Å²) in [5, 5.41) is 11.2. The minimum atomic E-state index is -0.657. The highest BCUT2D eigenvalue weighted by Gasteiger charge is 2.33. The number of aliphatic imine (C=N–C) groups is 2. The van der Waals surface area contributed by atoms with Crippen LogP contribution in [0.4, 0.5) is 22.7 Å². The van der Waals surface area contributed by atoms with Gasteiger partial charge in [0.1, 0.15) is 10.5 Å². The minimum Gasteiger partial charge on any atom is -0.326 e. The van der Waals surface area contributed by atoms with E-state index in [-0.39, 0.29) is 36.5 Å². The van der Waals surface area contributed by atoms with Gasteiger partial charge in [0.2, 0.25) is 23.6 Å². The normalized spacial score (nSPS) is 20.0. The Kier molecular flexibility index (Phi) is 9.48. The first-order valence-electron chi connectivity index (χ1n) is 12.5. The first-order chi connectivity index (χ1) is 20.2. The van der Waals surface area contributed by atoms with Crippen molar-refractivity contribution in [3.8, 4) is 0 Å². The summed E-state index contributed by atoms with van der Waals surface area (Å²) in [5.74, 6) is -1.41. The molecule has 0 bridgehead atoms. The van der Waals surface area contributed by atoms with Crippen LogP contribution in [-0.2, 0) is 19.2 Å². The molecular formula is C28H22Cl2N6O4S2. The van der Waals surface area contributed by atoms with Crippen LogP contribution in [0.2, 0.25) is 10.0 Å². The van der Waals surface area contributed by atoms with Crippen molar-refractivity contribution in [2.24, 2.45) is 9.98 Å². The number of nitrogens with one attached hydrogen (secondary N) is 4. The topological polar surface area (TPSA) is 141 Å². The summed E-state index contributed by atoms with van der Waals surface area (Å²) in [7, 11) is 0. The molecule has 2 atom stereocenters. The summed E-state index contributed by atoms with van der Waals surface area (Å²) in [6.45, 7) is 0. The van der Waals surface area contributed by atoms with Crippen LogP contribution in [0, 0.1) is 0 Å². The summed E-state index contributed by atoms with van der Waals surface area (Å²) in [5.41, 5.74) is 1.91. The Morgan fingerprint density at radius 2 is 1.12 bits per heavy atom. The molecule has 4 N–H and O–H groups in total. The number of para-hydroxylation sites is 2. The Bertz CT molecular complexity index is 1520. The highest BCUT2D eigenvalue weighted by atomic mass is 35.5. The lowest BCUT2D eigenvalue weighted by Crippen LogP contribution is -2.28. The maximum atomic E-state index is 12.7. The molecule has 14 heteroatoms. The number of amidine groups is 2. The largest absolute Gasteiger partial charge is 0.326 e.